The molecule has 5 nitrogen and oxygen atoms in total. The number of aliphatic carboxylic acids is 1. The lowest BCUT2D eigenvalue weighted by atomic mass is 10.2. The number of rotatable bonds is 3. The summed E-state index contributed by atoms with van der Waals surface area (Å²) < 4.78 is 0. The van der Waals surface area contributed by atoms with Crippen molar-refractivity contribution in [2.24, 2.45) is 5.73 Å². The zero-order valence-electron chi connectivity index (χ0n) is 4.69. The van der Waals surface area contributed by atoms with Gasteiger partial charge in [0.15, 0.2) is 6.29 Å². The first kappa shape index (κ1) is 8.35. The van der Waals surface area contributed by atoms with Crippen molar-refractivity contribution in [2.45, 2.75) is 18.8 Å². The van der Waals surface area contributed by atoms with Crippen LogP contribution in [0, 0.1) is 0 Å². The third-order valence-electron chi connectivity index (χ3n) is 0.782. The van der Waals surface area contributed by atoms with Crippen LogP contribution in [0.1, 0.15) is 6.42 Å². The molecule has 0 aliphatic heterocycles. The molecule has 0 aromatic heterocycles. The molecule has 9 heavy (non-hydrogen) atoms. The molecule has 5 N–H and O–H groups in total. The highest BCUT2D eigenvalue weighted by molar-refractivity contribution is 5.72. The highest BCUT2D eigenvalue weighted by Gasteiger charge is 2.14. The summed E-state index contributed by atoms with van der Waals surface area (Å²) >= 11 is 0. The Labute approximate surface area is 51.7 Å². The van der Waals surface area contributed by atoms with E-state index in [2.05, 4.69) is 0 Å². The Morgan fingerprint density at radius 2 is 2.00 bits per heavy atom. The summed E-state index contributed by atoms with van der Waals surface area (Å²) in [6, 6.07) is -1.19. The first-order valence-electron chi connectivity index (χ1n) is 2.38. The quantitative estimate of drug-likeness (QED) is 0.338. The molecule has 0 aromatic rings. The number of carboxylic acid groups (broad SMARTS) is 1. The molecular formula is C4H9NO4. The summed E-state index contributed by atoms with van der Waals surface area (Å²) in [5, 5.41) is 24.5. The molecule has 0 aromatic carbocycles. The number of aliphatic hydroxyl groups excluding tert-OH is 1. The first-order valence-corrected chi connectivity index (χ1v) is 2.38. The molecule has 0 saturated carbocycles. The van der Waals surface area contributed by atoms with Crippen molar-refractivity contribution in [3.8, 4) is 0 Å². The van der Waals surface area contributed by atoms with Gasteiger partial charge in [0.25, 0.3) is 0 Å². The Kier molecular flexibility index (Phi) is 3.15. The minimum absolute atomic E-state index is 0.338. The van der Waals surface area contributed by atoms with E-state index in [0.717, 1.165) is 0 Å². The van der Waals surface area contributed by atoms with Gasteiger partial charge < -0.3 is 21.1 Å². The second-order valence-electron chi connectivity index (χ2n) is 1.66. The maximum atomic E-state index is 9.89. The van der Waals surface area contributed by atoms with Gasteiger partial charge >= 0.3 is 5.97 Å². The lowest BCUT2D eigenvalue weighted by molar-refractivity contribution is -0.141. The topological polar surface area (TPSA) is 104 Å². The highest BCUT2D eigenvalue weighted by atomic mass is 16.5. The molecule has 0 spiro atoms. The van der Waals surface area contributed by atoms with Crippen LogP contribution in [0.3, 0.4) is 0 Å². The molecule has 0 amide bonds. The van der Waals surface area contributed by atoms with Crippen LogP contribution in [0.4, 0.5) is 0 Å². The molecule has 0 aliphatic carbocycles. The predicted molar refractivity (Wildman–Crippen MR) is 28.5 cm³/mol. The molecule has 54 valence electrons. The predicted octanol–water partition coefficient (Wildman–Crippen LogP) is -1.90. The van der Waals surface area contributed by atoms with Gasteiger partial charge in [-0.15, -0.1) is 0 Å². The van der Waals surface area contributed by atoms with Gasteiger partial charge in [0.05, 0.1) is 0 Å². The molecular weight excluding hydrogens is 126 g/mol. The number of carbonyl (C=O) groups is 1. The van der Waals surface area contributed by atoms with E-state index in [-0.39, 0.29) is 6.42 Å². The SMILES string of the molecule is NC(CC(O)O)C(=O)O. The summed E-state index contributed by atoms with van der Waals surface area (Å²) in [7, 11) is 0. The zero-order chi connectivity index (χ0) is 7.44. The molecule has 0 rings (SSSR count). The van der Waals surface area contributed by atoms with Crippen molar-refractivity contribution in [1.29, 1.82) is 0 Å². The molecule has 0 heterocycles. The van der Waals surface area contributed by atoms with E-state index in [9.17, 15) is 4.79 Å². The van der Waals surface area contributed by atoms with Crippen LogP contribution in [0.15, 0.2) is 0 Å². The second-order valence-corrected chi connectivity index (χ2v) is 1.66. The lowest BCUT2D eigenvalue weighted by Crippen LogP contribution is -2.33. The van der Waals surface area contributed by atoms with Crippen LogP contribution in [-0.4, -0.2) is 33.6 Å². The van der Waals surface area contributed by atoms with Crippen LogP contribution in [-0.2, 0) is 4.79 Å². The molecule has 1 unspecified atom stereocenters. The van der Waals surface area contributed by atoms with E-state index >= 15 is 0 Å². The third-order valence-corrected chi connectivity index (χ3v) is 0.782. The summed E-state index contributed by atoms with van der Waals surface area (Å²) in [6.07, 6.45) is -1.98. The Bertz CT molecular complexity index is 103. The monoisotopic (exact) mass is 135 g/mol. The van der Waals surface area contributed by atoms with Crippen molar-refractivity contribution in [3.63, 3.8) is 0 Å². The largest absolute Gasteiger partial charge is 0.480 e. The average Bonchev–Trinajstić information content (AvgIpc) is 1.63. The normalized spacial score (nSPS) is 13.8. The van der Waals surface area contributed by atoms with E-state index in [1.54, 1.807) is 0 Å². The molecule has 0 bridgehead atoms. The van der Waals surface area contributed by atoms with Gasteiger partial charge in [0.2, 0.25) is 0 Å². The summed E-state index contributed by atoms with van der Waals surface area (Å²) in [5.41, 5.74) is 4.90. The van der Waals surface area contributed by atoms with E-state index < -0.39 is 18.3 Å². The van der Waals surface area contributed by atoms with Crippen molar-refractivity contribution < 1.29 is 20.1 Å². The zero-order valence-corrected chi connectivity index (χ0v) is 4.69. The first-order chi connectivity index (χ1) is 4.04. The van der Waals surface area contributed by atoms with Crippen molar-refractivity contribution in [1.82, 2.24) is 0 Å². The number of hydrogen-bond donors (Lipinski definition) is 4. The van der Waals surface area contributed by atoms with Gasteiger partial charge in [-0.3, -0.25) is 4.79 Å². The molecule has 0 radical (unpaired) electrons. The van der Waals surface area contributed by atoms with Gasteiger partial charge in [0, 0.05) is 6.42 Å². The third kappa shape index (κ3) is 3.89. The summed E-state index contributed by atoms with van der Waals surface area (Å²) in [5.74, 6) is -1.23. The van der Waals surface area contributed by atoms with Gasteiger partial charge in [0.1, 0.15) is 6.04 Å². The van der Waals surface area contributed by atoms with E-state index in [0.29, 0.717) is 0 Å². The minimum atomic E-state index is -1.64. The minimum Gasteiger partial charge on any atom is -0.480 e. The molecule has 0 fully saturated rings. The number of aliphatic hydroxyl groups is 2. The summed E-state index contributed by atoms with van der Waals surface area (Å²) in [6.45, 7) is 0. The van der Waals surface area contributed by atoms with E-state index in [1.165, 1.54) is 0 Å². The van der Waals surface area contributed by atoms with Gasteiger partial charge in [-0.2, -0.15) is 0 Å². The Morgan fingerprint density at radius 1 is 1.56 bits per heavy atom. The number of carboxylic acids is 1. The Hall–Kier alpha value is -0.650. The fraction of sp³-hybridized carbons (Fsp3) is 0.750. The fourth-order valence-electron chi connectivity index (χ4n) is 0.328. The van der Waals surface area contributed by atoms with Gasteiger partial charge in [-0.1, -0.05) is 0 Å². The Morgan fingerprint density at radius 3 is 2.11 bits per heavy atom. The van der Waals surface area contributed by atoms with Crippen LogP contribution in [0.2, 0.25) is 0 Å². The Balaban J connectivity index is 3.50. The average molecular weight is 135 g/mol. The maximum Gasteiger partial charge on any atom is 0.320 e. The number of hydrogen-bond acceptors (Lipinski definition) is 4. The lowest BCUT2D eigenvalue weighted by Gasteiger charge is -2.05. The molecule has 1 atom stereocenters. The van der Waals surface area contributed by atoms with Crippen LogP contribution in [0.25, 0.3) is 0 Å². The molecule has 5 heteroatoms. The fourth-order valence-corrected chi connectivity index (χ4v) is 0.328. The van der Waals surface area contributed by atoms with Gasteiger partial charge in [-0.05, 0) is 0 Å². The highest BCUT2D eigenvalue weighted by Crippen LogP contribution is 1.91. The second kappa shape index (κ2) is 3.39. The van der Waals surface area contributed by atoms with E-state index in [4.69, 9.17) is 21.1 Å². The van der Waals surface area contributed by atoms with Crippen molar-refractivity contribution in [3.05, 3.63) is 0 Å². The van der Waals surface area contributed by atoms with Crippen LogP contribution in [0.5, 0.6) is 0 Å². The number of nitrogens with two attached hydrogens (primary N) is 1. The van der Waals surface area contributed by atoms with Gasteiger partial charge in [-0.25, -0.2) is 0 Å². The molecule has 0 saturated heterocycles. The smallest absolute Gasteiger partial charge is 0.320 e. The molecule has 0 aliphatic rings. The summed E-state index contributed by atoms with van der Waals surface area (Å²) in [4.78, 5) is 9.89. The van der Waals surface area contributed by atoms with Crippen LogP contribution >= 0.6 is 0 Å². The van der Waals surface area contributed by atoms with Crippen LogP contribution < -0.4 is 5.73 Å². The van der Waals surface area contributed by atoms with Crippen molar-refractivity contribution >= 4 is 5.97 Å². The van der Waals surface area contributed by atoms with Crippen molar-refractivity contribution in [2.75, 3.05) is 0 Å². The van der Waals surface area contributed by atoms with E-state index in [1.807, 2.05) is 0 Å². The standard InChI is InChI=1S/C4H9NO4/c5-2(4(8)9)1-3(6)7/h2-3,6-7H,1,5H2,(H,8,9). The maximum absolute atomic E-state index is 9.89.